The molecule has 3 heteroatoms. The van der Waals surface area contributed by atoms with Gasteiger partial charge in [-0.15, -0.1) is 0 Å². The van der Waals surface area contributed by atoms with E-state index in [0.717, 1.165) is 30.2 Å². The van der Waals surface area contributed by atoms with Crippen LogP contribution >= 0.6 is 0 Å². The Balaban J connectivity index is 1.82. The van der Waals surface area contributed by atoms with Crippen LogP contribution in [0.2, 0.25) is 0 Å². The summed E-state index contributed by atoms with van der Waals surface area (Å²) in [6, 6.07) is 17.3. The first kappa shape index (κ1) is 11.8. The van der Waals surface area contributed by atoms with E-state index >= 15 is 0 Å². The molecule has 0 aliphatic carbocycles. The molecule has 0 atom stereocenters. The van der Waals surface area contributed by atoms with Gasteiger partial charge in [-0.05, 0) is 30.7 Å². The van der Waals surface area contributed by atoms with Crippen LogP contribution in [-0.2, 0) is 4.79 Å². The van der Waals surface area contributed by atoms with Crippen LogP contribution in [0.1, 0.15) is 12.8 Å². The van der Waals surface area contributed by atoms with Gasteiger partial charge in [0.05, 0.1) is 0 Å². The molecule has 1 fully saturated rings. The standard InChI is InChI=1S/C16H15NO2/c18-16-10-5-11-17(16)13-6-4-9-15(12-13)19-14-7-2-1-3-8-14/h1-4,6-9,12H,5,10-11H2. The maximum absolute atomic E-state index is 11.7. The van der Waals surface area contributed by atoms with Gasteiger partial charge in [0.1, 0.15) is 11.5 Å². The van der Waals surface area contributed by atoms with Crippen molar-refractivity contribution in [3.05, 3.63) is 54.6 Å². The monoisotopic (exact) mass is 253 g/mol. The normalized spacial score (nSPS) is 14.7. The number of benzene rings is 2. The lowest BCUT2D eigenvalue weighted by Crippen LogP contribution is -2.23. The molecule has 96 valence electrons. The van der Waals surface area contributed by atoms with Gasteiger partial charge in [-0.2, -0.15) is 0 Å². The van der Waals surface area contributed by atoms with Crippen LogP contribution in [0.5, 0.6) is 11.5 Å². The Bertz CT molecular complexity index is 580. The van der Waals surface area contributed by atoms with E-state index in [1.807, 2.05) is 59.5 Å². The summed E-state index contributed by atoms with van der Waals surface area (Å²) in [5.74, 6) is 1.74. The zero-order valence-electron chi connectivity index (χ0n) is 10.6. The molecule has 0 unspecified atom stereocenters. The molecule has 1 aliphatic heterocycles. The van der Waals surface area contributed by atoms with Crippen molar-refractivity contribution in [1.29, 1.82) is 0 Å². The van der Waals surface area contributed by atoms with Gasteiger partial charge >= 0.3 is 0 Å². The van der Waals surface area contributed by atoms with Gasteiger partial charge in [0, 0.05) is 24.7 Å². The average Bonchev–Trinajstić information content (AvgIpc) is 2.86. The number of nitrogens with zero attached hydrogens (tertiary/aromatic N) is 1. The van der Waals surface area contributed by atoms with E-state index in [-0.39, 0.29) is 5.91 Å². The highest BCUT2D eigenvalue weighted by molar-refractivity contribution is 5.95. The minimum atomic E-state index is 0.192. The Kier molecular flexibility index (Phi) is 3.19. The topological polar surface area (TPSA) is 29.5 Å². The van der Waals surface area contributed by atoms with E-state index in [1.54, 1.807) is 0 Å². The first-order valence-electron chi connectivity index (χ1n) is 6.46. The molecular formula is C16H15NO2. The molecule has 0 aromatic heterocycles. The van der Waals surface area contributed by atoms with E-state index < -0.39 is 0 Å². The van der Waals surface area contributed by atoms with Gasteiger partial charge in [-0.1, -0.05) is 24.3 Å². The molecule has 1 heterocycles. The largest absolute Gasteiger partial charge is 0.457 e. The number of anilines is 1. The Labute approximate surface area is 112 Å². The van der Waals surface area contributed by atoms with Crippen molar-refractivity contribution in [1.82, 2.24) is 0 Å². The highest BCUT2D eigenvalue weighted by Crippen LogP contribution is 2.28. The van der Waals surface area contributed by atoms with Crippen molar-refractivity contribution < 1.29 is 9.53 Å². The number of hydrogen-bond acceptors (Lipinski definition) is 2. The number of para-hydroxylation sites is 1. The van der Waals surface area contributed by atoms with Crippen LogP contribution in [0.4, 0.5) is 5.69 Å². The molecule has 3 rings (SSSR count). The molecule has 1 amide bonds. The molecule has 19 heavy (non-hydrogen) atoms. The number of carbonyl (C=O) groups is 1. The molecule has 1 aliphatic rings. The molecule has 0 bridgehead atoms. The molecule has 3 nitrogen and oxygen atoms in total. The van der Waals surface area contributed by atoms with Crippen LogP contribution in [-0.4, -0.2) is 12.5 Å². The van der Waals surface area contributed by atoms with E-state index in [0.29, 0.717) is 6.42 Å². The summed E-state index contributed by atoms with van der Waals surface area (Å²) in [5, 5.41) is 0. The third-order valence-electron chi connectivity index (χ3n) is 3.18. The Morgan fingerprint density at radius 1 is 0.947 bits per heavy atom. The number of rotatable bonds is 3. The van der Waals surface area contributed by atoms with E-state index in [9.17, 15) is 4.79 Å². The van der Waals surface area contributed by atoms with Gasteiger partial charge in [0.25, 0.3) is 0 Å². The lowest BCUT2D eigenvalue weighted by atomic mass is 10.2. The van der Waals surface area contributed by atoms with E-state index in [2.05, 4.69) is 0 Å². The third kappa shape index (κ3) is 2.60. The average molecular weight is 253 g/mol. The van der Waals surface area contributed by atoms with E-state index in [1.165, 1.54) is 0 Å². The van der Waals surface area contributed by atoms with Crippen molar-refractivity contribution in [2.24, 2.45) is 0 Å². The zero-order chi connectivity index (χ0) is 13.1. The predicted molar refractivity (Wildman–Crippen MR) is 74.5 cm³/mol. The molecule has 0 saturated carbocycles. The number of carbonyl (C=O) groups excluding carboxylic acids is 1. The van der Waals surface area contributed by atoms with Crippen molar-refractivity contribution in [3.8, 4) is 11.5 Å². The van der Waals surface area contributed by atoms with Crippen molar-refractivity contribution in [3.63, 3.8) is 0 Å². The summed E-state index contributed by atoms with van der Waals surface area (Å²) in [6.07, 6.45) is 1.58. The lowest BCUT2D eigenvalue weighted by Gasteiger charge is -2.16. The number of amides is 1. The van der Waals surface area contributed by atoms with Gasteiger partial charge in [0.15, 0.2) is 0 Å². The minimum absolute atomic E-state index is 0.192. The second-order valence-corrected chi connectivity index (χ2v) is 4.56. The van der Waals surface area contributed by atoms with Crippen molar-refractivity contribution in [2.45, 2.75) is 12.8 Å². The molecule has 0 radical (unpaired) electrons. The van der Waals surface area contributed by atoms with Gasteiger partial charge in [0.2, 0.25) is 5.91 Å². The van der Waals surface area contributed by atoms with E-state index in [4.69, 9.17) is 4.74 Å². The Morgan fingerprint density at radius 2 is 1.74 bits per heavy atom. The summed E-state index contributed by atoms with van der Waals surface area (Å²) in [6.45, 7) is 0.799. The van der Waals surface area contributed by atoms with Gasteiger partial charge < -0.3 is 9.64 Å². The van der Waals surface area contributed by atoms with Crippen LogP contribution < -0.4 is 9.64 Å². The second-order valence-electron chi connectivity index (χ2n) is 4.56. The summed E-state index contributed by atoms with van der Waals surface area (Å²) < 4.78 is 5.78. The van der Waals surface area contributed by atoms with Crippen molar-refractivity contribution in [2.75, 3.05) is 11.4 Å². The van der Waals surface area contributed by atoms with Crippen molar-refractivity contribution >= 4 is 11.6 Å². The van der Waals surface area contributed by atoms with Crippen LogP contribution in [0.25, 0.3) is 0 Å². The van der Waals surface area contributed by atoms with Crippen LogP contribution in [0, 0.1) is 0 Å². The van der Waals surface area contributed by atoms with Crippen LogP contribution in [0.15, 0.2) is 54.6 Å². The second kappa shape index (κ2) is 5.14. The quantitative estimate of drug-likeness (QED) is 0.836. The number of ether oxygens (including phenoxy) is 1. The summed E-state index contributed by atoms with van der Waals surface area (Å²) >= 11 is 0. The van der Waals surface area contributed by atoms with Crippen LogP contribution in [0.3, 0.4) is 0 Å². The first-order chi connectivity index (χ1) is 9.33. The third-order valence-corrected chi connectivity index (χ3v) is 3.18. The highest BCUT2D eigenvalue weighted by atomic mass is 16.5. The zero-order valence-corrected chi connectivity index (χ0v) is 10.6. The first-order valence-corrected chi connectivity index (χ1v) is 6.46. The molecule has 0 spiro atoms. The molecular weight excluding hydrogens is 238 g/mol. The number of hydrogen-bond donors (Lipinski definition) is 0. The Morgan fingerprint density at radius 3 is 2.47 bits per heavy atom. The maximum Gasteiger partial charge on any atom is 0.227 e. The molecule has 1 saturated heterocycles. The fraction of sp³-hybridized carbons (Fsp3) is 0.188. The predicted octanol–water partition coefficient (Wildman–Crippen LogP) is 3.61. The molecule has 2 aromatic rings. The summed E-state index contributed by atoms with van der Waals surface area (Å²) in [5.41, 5.74) is 0.913. The fourth-order valence-corrected chi connectivity index (χ4v) is 2.26. The van der Waals surface area contributed by atoms with Gasteiger partial charge in [-0.25, -0.2) is 0 Å². The molecule has 0 N–H and O–H groups in total. The highest BCUT2D eigenvalue weighted by Gasteiger charge is 2.21. The Hall–Kier alpha value is -2.29. The summed E-state index contributed by atoms with van der Waals surface area (Å²) in [7, 11) is 0. The smallest absolute Gasteiger partial charge is 0.227 e. The summed E-state index contributed by atoms with van der Waals surface area (Å²) in [4.78, 5) is 13.5. The maximum atomic E-state index is 11.7. The fourth-order valence-electron chi connectivity index (χ4n) is 2.26. The minimum Gasteiger partial charge on any atom is -0.457 e. The lowest BCUT2D eigenvalue weighted by molar-refractivity contribution is -0.117. The molecule has 2 aromatic carbocycles. The SMILES string of the molecule is O=C1CCCN1c1cccc(Oc2ccccc2)c1. The van der Waals surface area contributed by atoms with Gasteiger partial charge in [-0.3, -0.25) is 4.79 Å².